The standard InChI is InChI=1S/C20H20N4O3/c1-13-5-4-6-14(11-13)20(25)22-19-10-9-18(23-24-19)21-15-7-8-16(26-2)17(12-15)27-3/h4-12H,1-3H3,(H,21,23)(H,22,24,25). The van der Waals surface area contributed by atoms with Gasteiger partial charge in [0.05, 0.1) is 14.2 Å². The molecule has 0 aliphatic heterocycles. The zero-order chi connectivity index (χ0) is 19.2. The zero-order valence-electron chi connectivity index (χ0n) is 15.3. The van der Waals surface area contributed by atoms with Crippen LogP contribution in [0, 0.1) is 6.92 Å². The number of nitrogens with one attached hydrogen (secondary N) is 2. The molecule has 0 fully saturated rings. The van der Waals surface area contributed by atoms with Gasteiger partial charge in [0.2, 0.25) is 0 Å². The molecule has 0 atom stereocenters. The van der Waals surface area contributed by atoms with E-state index in [2.05, 4.69) is 20.8 Å². The number of aryl methyl sites for hydroxylation is 1. The van der Waals surface area contributed by atoms with Gasteiger partial charge in [-0.3, -0.25) is 4.79 Å². The van der Waals surface area contributed by atoms with Crippen molar-refractivity contribution < 1.29 is 14.3 Å². The number of benzene rings is 2. The average Bonchev–Trinajstić information content (AvgIpc) is 2.69. The highest BCUT2D eigenvalue weighted by Gasteiger charge is 2.08. The first-order valence-electron chi connectivity index (χ1n) is 8.30. The Morgan fingerprint density at radius 3 is 2.30 bits per heavy atom. The maximum absolute atomic E-state index is 12.3. The van der Waals surface area contributed by atoms with Crippen LogP contribution in [-0.2, 0) is 0 Å². The van der Waals surface area contributed by atoms with E-state index in [9.17, 15) is 4.79 Å². The highest BCUT2D eigenvalue weighted by atomic mass is 16.5. The van der Waals surface area contributed by atoms with Crippen LogP contribution in [-0.4, -0.2) is 30.3 Å². The smallest absolute Gasteiger partial charge is 0.256 e. The summed E-state index contributed by atoms with van der Waals surface area (Å²) in [5.74, 6) is 1.93. The predicted molar refractivity (Wildman–Crippen MR) is 104 cm³/mol. The number of nitrogens with zero attached hydrogens (tertiary/aromatic N) is 2. The van der Waals surface area contributed by atoms with Gasteiger partial charge in [-0.05, 0) is 43.3 Å². The Morgan fingerprint density at radius 2 is 1.63 bits per heavy atom. The number of carbonyl (C=O) groups excluding carboxylic acids is 1. The second-order valence-electron chi connectivity index (χ2n) is 5.82. The molecule has 1 amide bonds. The van der Waals surface area contributed by atoms with Gasteiger partial charge in [0.1, 0.15) is 0 Å². The monoisotopic (exact) mass is 364 g/mol. The third-order valence-corrected chi connectivity index (χ3v) is 3.84. The van der Waals surface area contributed by atoms with Crippen LogP contribution in [0.4, 0.5) is 17.3 Å². The molecule has 0 spiro atoms. The van der Waals surface area contributed by atoms with Crippen LogP contribution in [0.1, 0.15) is 15.9 Å². The Kier molecular flexibility index (Phi) is 5.51. The maximum Gasteiger partial charge on any atom is 0.256 e. The Bertz CT molecular complexity index is 942. The summed E-state index contributed by atoms with van der Waals surface area (Å²) in [6, 6.07) is 16.2. The van der Waals surface area contributed by atoms with Crippen LogP contribution < -0.4 is 20.1 Å². The van der Waals surface area contributed by atoms with Gasteiger partial charge in [0, 0.05) is 17.3 Å². The summed E-state index contributed by atoms with van der Waals surface area (Å²) in [5.41, 5.74) is 2.37. The quantitative estimate of drug-likeness (QED) is 0.692. The fraction of sp³-hybridized carbons (Fsp3) is 0.150. The number of aromatic nitrogens is 2. The Morgan fingerprint density at radius 1 is 0.889 bits per heavy atom. The number of methoxy groups -OCH3 is 2. The first-order valence-corrected chi connectivity index (χ1v) is 8.30. The SMILES string of the molecule is COc1ccc(Nc2ccc(NC(=O)c3cccc(C)c3)nn2)cc1OC. The maximum atomic E-state index is 12.3. The molecule has 0 bridgehead atoms. The summed E-state index contributed by atoms with van der Waals surface area (Å²) in [6.45, 7) is 1.94. The zero-order valence-corrected chi connectivity index (χ0v) is 15.3. The van der Waals surface area contributed by atoms with Crippen LogP contribution >= 0.6 is 0 Å². The minimum Gasteiger partial charge on any atom is -0.493 e. The van der Waals surface area contributed by atoms with E-state index in [-0.39, 0.29) is 5.91 Å². The topological polar surface area (TPSA) is 85.4 Å². The minimum atomic E-state index is -0.228. The molecule has 7 nitrogen and oxygen atoms in total. The number of carbonyl (C=O) groups is 1. The van der Waals surface area contributed by atoms with Gasteiger partial charge in [0.25, 0.3) is 5.91 Å². The van der Waals surface area contributed by atoms with Crippen LogP contribution in [0.3, 0.4) is 0 Å². The second kappa shape index (κ2) is 8.18. The molecule has 0 aliphatic rings. The van der Waals surface area contributed by atoms with Gasteiger partial charge in [-0.2, -0.15) is 0 Å². The van der Waals surface area contributed by atoms with Gasteiger partial charge in [-0.1, -0.05) is 17.7 Å². The average molecular weight is 364 g/mol. The summed E-state index contributed by atoms with van der Waals surface area (Å²) in [6.07, 6.45) is 0. The van der Waals surface area contributed by atoms with Gasteiger partial charge < -0.3 is 20.1 Å². The van der Waals surface area contributed by atoms with Crippen molar-refractivity contribution in [2.75, 3.05) is 24.9 Å². The van der Waals surface area contributed by atoms with Gasteiger partial charge in [-0.15, -0.1) is 10.2 Å². The molecular weight excluding hydrogens is 344 g/mol. The molecule has 3 rings (SSSR count). The van der Waals surface area contributed by atoms with E-state index >= 15 is 0 Å². The first kappa shape index (κ1) is 18.2. The van der Waals surface area contributed by atoms with Crippen LogP contribution in [0.25, 0.3) is 0 Å². The third kappa shape index (κ3) is 4.52. The molecule has 138 valence electrons. The fourth-order valence-electron chi connectivity index (χ4n) is 2.50. The molecule has 3 aromatic rings. The molecule has 0 aliphatic carbocycles. The number of rotatable bonds is 6. The summed E-state index contributed by atoms with van der Waals surface area (Å²) in [5, 5.41) is 14.0. The number of ether oxygens (including phenoxy) is 2. The van der Waals surface area contributed by atoms with Gasteiger partial charge in [-0.25, -0.2) is 0 Å². The number of hydrogen-bond acceptors (Lipinski definition) is 6. The first-order chi connectivity index (χ1) is 13.1. The molecule has 0 saturated carbocycles. The number of anilines is 3. The lowest BCUT2D eigenvalue weighted by molar-refractivity contribution is 0.102. The van der Waals surface area contributed by atoms with Crippen molar-refractivity contribution in [1.82, 2.24) is 10.2 Å². The molecule has 1 heterocycles. The van der Waals surface area contributed by atoms with Crippen molar-refractivity contribution in [2.24, 2.45) is 0 Å². The summed E-state index contributed by atoms with van der Waals surface area (Å²) < 4.78 is 10.5. The Balaban J connectivity index is 1.67. The van der Waals surface area contributed by atoms with E-state index in [0.717, 1.165) is 11.3 Å². The van der Waals surface area contributed by atoms with Crippen LogP contribution in [0.15, 0.2) is 54.6 Å². The van der Waals surface area contributed by atoms with Crippen molar-refractivity contribution in [2.45, 2.75) is 6.92 Å². The number of hydrogen-bond donors (Lipinski definition) is 2. The highest BCUT2D eigenvalue weighted by Crippen LogP contribution is 2.30. The lowest BCUT2D eigenvalue weighted by Gasteiger charge is -2.11. The van der Waals surface area contributed by atoms with E-state index in [4.69, 9.17) is 9.47 Å². The highest BCUT2D eigenvalue weighted by molar-refractivity contribution is 6.03. The predicted octanol–water partition coefficient (Wildman–Crippen LogP) is 3.80. The van der Waals surface area contributed by atoms with Crippen molar-refractivity contribution >= 4 is 23.2 Å². The molecule has 27 heavy (non-hydrogen) atoms. The van der Waals surface area contributed by atoms with E-state index in [1.165, 1.54) is 0 Å². The van der Waals surface area contributed by atoms with Crippen molar-refractivity contribution in [1.29, 1.82) is 0 Å². The molecule has 0 unspecified atom stereocenters. The summed E-state index contributed by atoms with van der Waals surface area (Å²) in [4.78, 5) is 12.3. The minimum absolute atomic E-state index is 0.228. The van der Waals surface area contributed by atoms with Crippen molar-refractivity contribution in [3.05, 3.63) is 65.7 Å². The number of amides is 1. The molecule has 2 aromatic carbocycles. The summed E-state index contributed by atoms with van der Waals surface area (Å²) in [7, 11) is 3.16. The van der Waals surface area contributed by atoms with Crippen molar-refractivity contribution in [3.8, 4) is 11.5 Å². The molecule has 1 aromatic heterocycles. The lowest BCUT2D eigenvalue weighted by atomic mass is 10.1. The summed E-state index contributed by atoms with van der Waals surface area (Å²) >= 11 is 0. The van der Waals surface area contributed by atoms with E-state index in [1.807, 2.05) is 31.2 Å². The Labute approximate surface area is 157 Å². The molecular formula is C20H20N4O3. The Hall–Kier alpha value is -3.61. The largest absolute Gasteiger partial charge is 0.493 e. The third-order valence-electron chi connectivity index (χ3n) is 3.84. The lowest BCUT2D eigenvalue weighted by Crippen LogP contribution is -2.13. The normalized spacial score (nSPS) is 10.2. The molecule has 0 saturated heterocycles. The molecule has 7 heteroatoms. The van der Waals surface area contributed by atoms with Crippen LogP contribution in [0.5, 0.6) is 11.5 Å². The fourth-order valence-corrected chi connectivity index (χ4v) is 2.50. The van der Waals surface area contributed by atoms with E-state index in [1.54, 1.807) is 44.6 Å². The van der Waals surface area contributed by atoms with Gasteiger partial charge >= 0.3 is 0 Å². The van der Waals surface area contributed by atoms with Gasteiger partial charge in [0.15, 0.2) is 23.1 Å². The van der Waals surface area contributed by atoms with Crippen molar-refractivity contribution in [3.63, 3.8) is 0 Å². The molecule has 2 N–H and O–H groups in total. The second-order valence-corrected chi connectivity index (χ2v) is 5.82. The molecule has 0 radical (unpaired) electrons. The van der Waals surface area contributed by atoms with Crippen LogP contribution in [0.2, 0.25) is 0 Å². The van der Waals surface area contributed by atoms with E-state index < -0.39 is 0 Å². The van der Waals surface area contributed by atoms with E-state index in [0.29, 0.717) is 28.7 Å².